The Kier molecular flexibility index (Phi) is 11.2. The summed E-state index contributed by atoms with van der Waals surface area (Å²) in [5.41, 5.74) is 16.5. The molecule has 0 spiro atoms. The van der Waals surface area contributed by atoms with Crippen molar-refractivity contribution >= 4 is 45.7 Å². The summed E-state index contributed by atoms with van der Waals surface area (Å²) in [6, 6.07) is 48.7. The Morgan fingerprint density at radius 3 is 2.18 bits per heavy atom. The lowest BCUT2D eigenvalue weighted by molar-refractivity contribution is 1.03. The summed E-state index contributed by atoms with van der Waals surface area (Å²) < 4.78 is 0. The molecule has 2 aliphatic carbocycles. The quantitative estimate of drug-likeness (QED) is 0.0834. The Hall–Kier alpha value is -7.71. The zero-order valence-corrected chi connectivity index (χ0v) is 33.5. The van der Waals surface area contributed by atoms with E-state index in [0.717, 1.165) is 57.4 Å². The Morgan fingerprint density at radius 2 is 1.35 bits per heavy atom. The van der Waals surface area contributed by atoms with Crippen LogP contribution in [-0.2, 0) is 0 Å². The summed E-state index contributed by atoms with van der Waals surface area (Å²) in [5, 5.41) is 2.41. The standard InChI is InChI=1S/C57H43N3/c1-2-42(24-16-15-23-41-21-7-3-8-22-41)44-30-19-32-49(37-44)56-58-55(59-57(60-56)50-33-20-31-45(38-50)43-25-9-4-10-26-43)48-29-12-5-11-27-46(39-48)54-40-47-28-17-18-34-51(47)52-35-13-6-14-36-53(52)54/h2-11,14-26,28-40H,12,27H2,1H3/b11-5-,23-15+,24-16-,42-2+,46-39?,48-29?. The third-order valence-corrected chi connectivity index (χ3v) is 10.8. The SMILES string of the molecule is C\C=C(/C=C\C=C\c1ccccc1)c1cccc(-c2nc(C3=CC/C=C\CC(c4cc5ccccc5c5c4C=CC=C=C5)=C3)nc(-c3cccc(-c4ccccc4)c3)n2)c1. The molecular formula is C57H43N3. The minimum atomic E-state index is 0.623. The van der Waals surface area contributed by atoms with Gasteiger partial charge in [-0.05, 0) is 117 Å². The van der Waals surface area contributed by atoms with Crippen LogP contribution in [0.3, 0.4) is 0 Å². The first-order valence-corrected chi connectivity index (χ1v) is 20.5. The molecule has 0 N–H and O–H groups in total. The van der Waals surface area contributed by atoms with Crippen LogP contribution >= 0.6 is 0 Å². The minimum absolute atomic E-state index is 0.623. The maximum absolute atomic E-state index is 5.28. The first-order chi connectivity index (χ1) is 29.7. The number of allylic oxidation sites excluding steroid dienone is 13. The summed E-state index contributed by atoms with van der Waals surface area (Å²) in [7, 11) is 0. The summed E-state index contributed by atoms with van der Waals surface area (Å²) in [4.78, 5) is 15.7. The van der Waals surface area contributed by atoms with E-state index in [1.54, 1.807) is 0 Å². The van der Waals surface area contributed by atoms with Crippen LogP contribution in [-0.4, -0.2) is 15.0 Å². The van der Waals surface area contributed by atoms with E-state index in [4.69, 9.17) is 15.0 Å². The highest BCUT2D eigenvalue weighted by molar-refractivity contribution is 6.00. The Morgan fingerprint density at radius 1 is 0.633 bits per heavy atom. The number of hydrogen-bond acceptors (Lipinski definition) is 3. The van der Waals surface area contributed by atoms with Crippen molar-refractivity contribution in [2.45, 2.75) is 19.8 Å². The maximum Gasteiger partial charge on any atom is 0.164 e. The highest BCUT2D eigenvalue weighted by Crippen LogP contribution is 2.37. The number of nitrogens with zero attached hydrogens (tertiary/aromatic N) is 3. The van der Waals surface area contributed by atoms with Crippen molar-refractivity contribution < 1.29 is 0 Å². The second-order valence-electron chi connectivity index (χ2n) is 14.8. The van der Waals surface area contributed by atoms with Crippen LogP contribution in [0, 0.1) is 0 Å². The molecule has 0 atom stereocenters. The van der Waals surface area contributed by atoms with Crippen molar-refractivity contribution in [3.63, 3.8) is 0 Å². The van der Waals surface area contributed by atoms with Crippen molar-refractivity contribution in [2.24, 2.45) is 0 Å². The van der Waals surface area contributed by atoms with Gasteiger partial charge in [-0.15, -0.1) is 5.73 Å². The normalized spacial score (nSPS) is 14.4. The molecule has 3 heteroatoms. The number of rotatable bonds is 9. The molecule has 0 saturated heterocycles. The molecule has 0 fully saturated rings. The zero-order valence-electron chi connectivity index (χ0n) is 33.5. The van der Waals surface area contributed by atoms with E-state index in [9.17, 15) is 0 Å². The van der Waals surface area contributed by atoms with E-state index >= 15 is 0 Å². The van der Waals surface area contributed by atoms with Gasteiger partial charge in [-0.25, -0.2) is 15.0 Å². The molecule has 9 rings (SSSR count). The molecule has 60 heavy (non-hydrogen) atoms. The largest absolute Gasteiger partial charge is 0.208 e. The van der Waals surface area contributed by atoms with Gasteiger partial charge in [0, 0.05) is 16.7 Å². The molecule has 286 valence electrons. The van der Waals surface area contributed by atoms with E-state index in [2.05, 4.69) is 213 Å². The van der Waals surface area contributed by atoms with Gasteiger partial charge in [0.1, 0.15) is 0 Å². The molecule has 1 heterocycles. The smallest absolute Gasteiger partial charge is 0.164 e. The fourth-order valence-electron chi connectivity index (χ4n) is 7.79. The summed E-state index contributed by atoms with van der Waals surface area (Å²) in [6.45, 7) is 2.07. The predicted octanol–water partition coefficient (Wildman–Crippen LogP) is 14.7. The highest BCUT2D eigenvalue weighted by Gasteiger charge is 2.18. The van der Waals surface area contributed by atoms with Crippen molar-refractivity contribution in [1.82, 2.24) is 15.0 Å². The van der Waals surface area contributed by atoms with Crippen molar-refractivity contribution in [1.29, 1.82) is 0 Å². The fraction of sp³-hybridized carbons (Fsp3) is 0.0526. The van der Waals surface area contributed by atoms with Crippen molar-refractivity contribution in [3.05, 3.63) is 240 Å². The second kappa shape index (κ2) is 17.8. The van der Waals surface area contributed by atoms with Gasteiger partial charge in [-0.2, -0.15) is 0 Å². The Balaban J connectivity index is 1.16. The molecule has 0 amide bonds. The lowest BCUT2D eigenvalue weighted by Gasteiger charge is -2.17. The van der Waals surface area contributed by atoms with Crippen LogP contribution in [0.4, 0.5) is 0 Å². The lowest BCUT2D eigenvalue weighted by atomic mass is 9.87. The number of aromatic nitrogens is 3. The Labute approximate surface area is 352 Å². The molecule has 0 unspecified atom stereocenters. The third-order valence-electron chi connectivity index (χ3n) is 10.8. The van der Waals surface area contributed by atoms with Gasteiger partial charge in [0.2, 0.25) is 0 Å². The van der Waals surface area contributed by atoms with Gasteiger partial charge < -0.3 is 0 Å². The fourth-order valence-corrected chi connectivity index (χ4v) is 7.79. The number of benzene rings is 6. The topological polar surface area (TPSA) is 38.7 Å². The van der Waals surface area contributed by atoms with Crippen LogP contribution in [0.5, 0.6) is 0 Å². The molecule has 0 saturated carbocycles. The number of hydrogen-bond donors (Lipinski definition) is 0. The van der Waals surface area contributed by atoms with Crippen LogP contribution in [0.25, 0.3) is 79.6 Å². The first kappa shape index (κ1) is 37.8. The maximum atomic E-state index is 5.28. The van der Waals surface area contributed by atoms with Gasteiger partial charge in [0.25, 0.3) is 0 Å². The van der Waals surface area contributed by atoms with Gasteiger partial charge in [-0.1, -0.05) is 182 Å². The molecule has 1 aromatic heterocycles. The lowest BCUT2D eigenvalue weighted by Crippen LogP contribution is -2.04. The van der Waals surface area contributed by atoms with E-state index in [1.807, 2.05) is 18.2 Å². The third kappa shape index (κ3) is 8.44. The average Bonchev–Trinajstić information content (AvgIpc) is 3.56. The second-order valence-corrected chi connectivity index (χ2v) is 14.8. The highest BCUT2D eigenvalue weighted by atomic mass is 15.0. The minimum Gasteiger partial charge on any atom is -0.208 e. The molecule has 0 radical (unpaired) electrons. The molecule has 0 aliphatic heterocycles. The summed E-state index contributed by atoms with van der Waals surface area (Å²) in [5.74, 6) is 1.89. The van der Waals surface area contributed by atoms with Crippen molar-refractivity contribution in [2.75, 3.05) is 0 Å². The number of fused-ring (bicyclic) bond motifs is 3. The average molecular weight is 770 g/mol. The van der Waals surface area contributed by atoms with Crippen LogP contribution in [0.15, 0.2) is 206 Å². The summed E-state index contributed by atoms with van der Waals surface area (Å²) >= 11 is 0. The van der Waals surface area contributed by atoms with E-state index in [1.165, 1.54) is 33.0 Å². The van der Waals surface area contributed by atoms with Crippen molar-refractivity contribution in [3.8, 4) is 33.9 Å². The zero-order chi connectivity index (χ0) is 40.5. The van der Waals surface area contributed by atoms with Gasteiger partial charge in [0.15, 0.2) is 17.5 Å². The van der Waals surface area contributed by atoms with Gasteiger partial charge >= 0.3 is 0 Å². The molecule has 7 aromatic rings. The van der Waals surface area contributed by atoms with Gasteiger partial charge in [-0.3, -0.25) is 0 Å². The Bertz CT molecular complexity index is 3000. The van der Waals surface area contributed by atoms with Gasteiger partial charge in [0.05, 0.1) is 0 Å². The predicted molar refractivity (Wildman–Crippen MR) is 254 cm³/mol. The summed E-state index contributed by atoms with van der Waals surface area (Å²) in [6.07, 6.45) is 29.5. The molecule has 2 aliphatic rings. The van der Waals surface area contributed by atoms with Crippen LogP contribution in [0.2, 0.25) is 0 Å². The van der Waals surface area contributed by atoms with E-state index in [0.29, 0.717) is 17.5 Å². The first-order valence-electron chi connectivity index (χ1n) is 20.5. The van der Waals surface area contributed by atoms with Crippen LogP contribution < -0.4 is 0 Å². The molecule has 6 aromatic carbocycles. The van der Waals surface area contributed by atoms with E-state index in [-0.39, 0.29) is 0 Å². The molecular weight excluding hydrogens is 727 g/mol. The molecule has 0 bridgehead atoms. The van der Waals surface area contributed by atoms with E-state index < -0.39 is 0 Å². The van der Waals surface area contributed by atoms with Crippen LogP contribution in [0.1, 0.15) is 53.4 Å². The monoisotopic (exact) mass is 769 g/mol. The molecule has 3 nitrogen and oxygen atoms in total.